The van der Waals surface area contributed by atoms with Crippen LogP contribution in [0.2, 0.25) is 0 Å². The first-order chi connectivity index (χ1) is 13.8. The maximum atomic E-state index is 11.5. The molecule has 1 saturated carbocycles. The molecule has 0 radical (unpaired) electrons. The summed E-state index contributed by atoms with van der Waals surface area (Å²) < 4.78 is 6.61. The Morgan fingerprint density at radius 2 is 1.79 bits per heavy atom. The molecule has 158 valence electrons. The molecule has 0 spiro atoms. The van der Waals surface area contributed by atoms with Crippen LogP contribution in [0.4, 0.5) is 0 Å². The molecule has 2 fully saturated rings. The summed E-state index contributed by atoms with van der Waals surface area (Å²) >= 11 is 0. The third-order valence-corrected chi connectivity index (χ3v) is 8.67. The third-order valence-electron chi connectivity index (χ3n) is 8.67. The lowest BCUT2D eigenvalue weighted by Gasteiger charge is -2.58. The van der Waals surface area contributed by atoms with Crippen LogP contribution in [0.25, 0.3) is 0 Å². The Kier molecular flexibility index (Phi) is 4.53. The van der Waals surface area contributed by atoms with E-state index < -0.39 is 17.8 Å². The van der Waals surface area contributed by atoms with Gasteiger partial charge < -0.3 is 20.1 Å². The highest BCUT2D eigenvalue weighted by Gasteiger charge is 2.65. The minimum Gasteiger partial charge on any atom is -0.393 e. The second-order valence-electron chi connectivity index (χ2n) is 10.3. The van der Waals surface area contributed by atoms with Crippen LogP contribution in [-0.4, -0.2) is 45.3 Å². The van der Waals surface area contributed by atoms with Gasteiger partial charge in [0, 0.05) is 5.41 Å². The zero-order valence-electron chi connectivity index (χ0n) is 17.8. The van der Waals surface area contributed by atoms with Gasteiger partial charge in [0.2, 0.25) is 0 Å². The maximum Gasteiger partial charge on any atom is 0.105 e. The summed E-state index contributed by atoms with van der Waals surface area (Å²) in [6.45, 7) is 6.26. The molecule has 1 aliphatic heterocycles. The number of fused-ring (bicyclic) bond motifs is 4. The molecule has 0 unspecified atom stereocenters. The summed E-state index contributed by atoms with van der Waals surface area (Å²) in [5, 5.41) is 32.2. The van der Waals surface area contributed by atoms with Crippen molar-refractivity contribution in [2.75, 3.05) is 0 Å². The Morgan fingerprint density at radius 1 is 1.03 bits per heavy atom. The predicted molar refractivity (Wildman–Crippen MR) is 112 cm³/mol. The lowest BCUT2D eigenvalue weighted by molar-refractivity contribution is -0.237. The van der Waals surface area contributed by atoms with Gasteiger partial charge in [-0.3, -0.25) is 0 Å². The van der Waals surface area contributed by atoms with Gasteiger partial charge in [-0.2, -0.15) is 0 Å². The lowest BCUT2D eigenvalue weighted by Crippen LogP contribution is -2.63. The van der Waals surface area contributed by atoms with Crippen LogP contribution in [0.5, 0.6) is 0 Å². The lowest BCUT2D eigenvalue weighted by atomic mass is 9.55. The Labute approximate surface area is 173 Å². The molecular weight excluding hydrogens is 364 g/mol. The van der Waals surface area contributed by atoms with Crippen LogP contribution in [0.15, 0.2) is 24.3 Å². The summed E-state index contributed by atoms with van der Waals surface area (Å²) in [6.07, 6.45) is 7.38. The molecule has 29 heavy (non-hydrogen) atoms. The molecule has 0 bridgehead atoms. The van der Waals surface area contributed by atoms with Gasteiger partial charge in [-0.05, 0) is 86.5 Å². The molecule has 1 aromatic carbocycles. The monoisotopic (exact) mass is 398 g/mol. The molecule has 1 aromatic rings. The summed E-state index contributed by atoms with van der Waals surface area (Å²) in [5.74, 6) is 0.578. The SMILES string of the molecule is C/C=C/[C@@H]1O[C@@H]2Cc3c(ccc4c3C[C@H](O)C[C@H](O)C4)[C@@H]3CC[C@H]([C@@]1(C)O)[C@@]23C. The summed E-state index contributed by atoms with van der Waals surface area (Å²) in [6, 6.07) is 4.44. The van der Waals surface area contributed by atoms with E-state index in [1.807, 2.05) is 26.0 Å². The van der Waals surface area contributed by atoms with Crippen LogP contribution >= 0.6 is 0 Å². The van der Waals surface area contributed by atoms with Gasteiger partial charge >= 0.3 is 0 Å². The number of hydrogen-bond acceptors (Lipinski definition) is 4. The molecule has 8 atom stereocenters. The highest BCUT2D eigenvalue weighted by molar-refractivity contribution is 5.49. The van der Waals surface area contributed by atoms with E-state index in [2.05, 4.69) is 19.1 Å². The van der Waals surface area contributed by atoms with Gasteiger partial charge in [-0.1, -0.05) is 31.2 Å². The van der Waals surface area contributed by atoms with Crippen molar-refractivity contribution < 1.29 is 20.1 Å². The van der Waals surface area contributed by atoms with Gasteiger partial charge in [-0.25, -0.2) is 0 Å². The highest BCUT2D eigenvalue weighted by Crippen LogP contribution is 2.65. The molecule has 1 saturated heterocycles. The van der Waals surface area contributed by atoms with Gasteiger partial charge in [0.25, 0.3) is 0 Å². The second-order valence-corrected chi connectivity index (χ2v) is 10.3. The molecule has 0 aromatic heterocycles. The summed E-state index contributed by atoms with van der Waals surface area (Å²) in [7, 11) is 0. The van der Waals surface area contributed by atoms with E-state index in [0.717, 1.165) is 19.3 Å². The predicted octanol–water partition coefficient (Wildman–Crippen LogP) is 3.05. The maximum absolute atomic E-state index is 11.5. The van der Waals surface area contributed by atoms with Crippen molar-refractivity contribution >= 4 is 0 Å². The fraction of sp³-hybridized carbons (Fsp3) is 0.680. The van der Waals surface area contributed by atoms with Crippen molar-refractivity contribution in [3.05, 3.63) is 46.5 Å². The highest BCUT2D eigenvalue weighted by atomic mass is 16.5. The second kappa shape index (κ2) is 6.65. The molecule has 4 aliphatic rings. The van der Waals surface area contributed by atoms with E-state index in [1.165, 1.54) is 22.3 Å². The average Bonchev–Trinajstić information content (AvgIpc) is 2.93. The fourth-order valence-electron chi connectivity index (χ4n) is 7.33. The number of rotatable bonds is 1. The summed E-state index contributed by atoms with van der Waals surface area (Å²) in [4.78, 5) is 0. The zero-order chi connectivity index (χ0) is 20.6. The smallest absolute Gasteiger partial charge is 0.105 e. The Balaban J connectivity index is 1.63. The average molecular weight is 399 g/mol. The normalized spacial score (nSPS) is 46.1. The van der Waals surface area contributed by atoms with Gasteiger partial charge in [0.1, 0.15) is 6.10 Å². The molecule has 0 amide bonds. The third kappa shape index (κ3) is 2.72. The molecule has 5 rings (SSSR count). The van der Waals surface area contributed by atoms with Gasteiger partial charge in [0.05, 0.1) is 23.9 Å². The van der Waals surface area contributed by atoms with Gasteiger partial charge in [0.15, 0.2) is 0 Å². The van der Waals surface area contributed by atoms with Crippen molar-refractivity contribution in [3.63, 3.8) is 0 Å². The number of aliphatic hydroxyl groups is 3. The van der Waals surface area contributed by atoms with E-state index in [-0.39, 0.29) is 23.5 Å². The minimum atomic E-state index is -0.865. The Morgan fingerprint density at radius 3 is 2.55 bits per heavy atom. The molecular formula is C25H34O4. The van der Waals surface area contributed by atoms with Crippen molar-refractivity contribution in [1.29, 1.82) is 0 Å². The summed E-state index contributed by atoms with van der Waals surface area (Å²) in [5.41, 5.74) is 4.20. The van der Waals surface area contributed by atoms with E-state index in [9.17, 15) is 15.3 Å². The largest absolute Gasteiger partial charge is 0.393 e. The zero-order valence-corrected chi connectivity index (χ0v) is 17.8. The number of ether oxygens (including phenoxy) is 1. The molecule has 4 heteroatoms. The first kappa shape index (κ1) is 19.7. The van der Waals surface area contributed by atoms with Crippen LogP contribution < -0.4 is 0 Å². The van der Waals surface area contributed by atoms with Crippen LogP contribution in [-0.2, 0) is 24.0 Å². The number of hydrogen-bond donors (Lipinski definition) is 3. The van der Waals surface area contributed by atoms with E-state index in [1.54, 1.807) is 0 Å². The van der Waals surface area contributed by atoms with Crippen LogP contribution in [0.1, 0.15) is 68.2 Å². The molecule has 4 nitrogen and oxygen atoms in total. The minimum absolute atomic E-state index is 0.0609. The number of aliphatic hydroxyl groups excluding tert-OH is 2. The van der Waals surface area contributed by atoms with E-state index in [0.29, 0.717) is 25.2 Å². The Bertz CT molecular complexity index is 843. The quantitative estimate of drug-likeness (QED) is 0.502. The van der Waals surface area contributed by atoms with Crippen molar-refractivity contribution in [1.82, 2.24) is 0 Å². The molecule has 3 N–H and O–H groups in total. The van der Waals surface area contributed by atoms with Gasteiger partial charge in [-0.15, -0.1) is 0 Å². The van der Waals surface area contributed by atoms with Crippen LogP contribution in [0, 0.1) is 11.3 Å². The van der Waals surface area contributed by atoms with Crippen molar-refractivity contribution in [3.8, 4) is 0 Å². The first-order valence-corrected chi connectivity index (χ1v) is 11.3. The fourth-order valence-corrected chi connectivity index (χ4v) is 7.33. The first-order valence-electron chi connectivity index (χ1n) is 11.3. The van der Waals surface area contributed by atoms with Crippen molar-refractivity contribution in [2.24, 2.45) is 11.3 Å². The topological polar surface area (TPSA) is 69.9 Å². The number of allylic oxidation sites excluding steroid dienone is 1. The van der Waals surface area contributed by atoms with E-state index >= 15 is 0 Å². The van der Waals surface area contributed by atoms with Crippen molar-refractivity contribution in [2.45, 2.75) is 95.2 Å². The van der Waals surface area contributed by atoms with E-state index in [4.69, 9.17) is 4.74 Å². The molecule has 3 aliphatic carbocycles. The number of benzene rings is 1. The standard InChI is InChI=1S/C25H34O4/c1-4-5-22-25(3,28)21-9-8-20-17-7-6-14-10-15(26)11-16(27)12-18(14)19(17)13-23(29-22)24(20,21)2/h4-7,15-16,20-23,26-28H,8-13H2,1-3H3/b5-4+/t15-,16-,20+,21+,22+,23-,24+,25-/m1/s1. The molecule has 1 heterocycles. The Hall–Kier alpha value is -1.20. The van der Waals surface area contributed by atoms with Crippen LogP contribution in [0.3, 0.4) is 0 Å².